The summed E-state index contributed by atoms with van der Waals surface area (Å²) in [5.74, 6) is -0.570. The number of carbonyl (C=O) groups is 1. The second-order valence-electron chi connectivity index (χ2n) is 6.30. The van der Waals surface area contributed by atoms with E-state index in [4.69, 9.17) is 10.5 Å². The molecule has 0 saturated heterocycles. The number of nitrogens with two attached hydrogens (primary N) is 1. The number of ether oxygens (including phenoxy) is 1. The Morgan fingerprint density at radius 2 is 2.00 bits per heavy atom. The third-order valence-corrected chi connectivity index (χ3v) is 4.47. The molecule has 2 aromatic carbocycles. The van der Waals surface area contributed by atoms with Crippen LogP contribution in [0.4, 0.5) is 5.69 Å². The number of benzene rings is 2. The fourth-order valence-electron chi connectivity index (χ4n) is 3.18. The largest absolute Gasteiger partial charge is 0.464 e. The molecule has 2 N–H and O–H groups in total. The van der Waals surface area contributed by atoms with Crippen molar-refractivity contribution in [2.24, 2.45) is 0 Å². The highest BCUT2D eigenvalue weighted by Crippen LogP contribution is 2.37. The number of methoxy groups -OCH3 is 1. The van der Waals surface area contributed by atoms with Gasteiger partial charge >= 0.3 is 5.97 Å². The van der Waals surface area contributed by atoms with Crippen LogP contribution in [0.5, 0.6) is 0 Å². The molecule has 2 aromatic heterocycles. The number of esters is 1. The Morgan fingerprint density at radius 3 is 2.79 bits per heavy atom. The van der Waals surface area contributed by atoms with Crippen LogP contribution in [0, 0.1) is 11.3 Å². The van der Waals surface area contributed by atoms with Crippen molar-refractivity contribution in [3.8, 4) is 28.5 Å². The van der Waals surface area contributed by atoms with Crippen molar-refractivity contribution < 1.29 is 9.53 Å². The lowest BCUT2D eigenvalue weighted by molar-refractivity contribution is 0.0593. The van der Waals surface area contributed by atoms with E-state index in [9.17, 15) is 10.1 Å². The summed E-state index contributed by atoms with van der Waals surface area (Å²) in [5.41, 5.74) is 10.7. The molecular weight excluding hydrogens is 366 g/mol. The zero-order valence-corrected chi connectivity index (χ0v) is 15.5. The quantitative estimate of drug-likeness (QED) is 0.539. The van der Waals surface area contributed by atoms with E-state index < -0.39 is 5.97 Å². The van der Waals surface area contributed by atoms with Crippen LogP contribution in [0.1, 0.15) is 16.1 Å². The highest BCUT2D eigenvalue weighted by molar-refractivity contribution is 6.03. The molecule has 140 valence electrons. The van der Waals surface area contributed by atoms with E-state index in [1.807, 2.05) is 30.3 Å². The van der Waals surface area contributed by atoms with Crippen molar-refractivity contribution in [2.75, 3.05) is 12.8 Å². The number of hydrogen-bond acceptors (Lipinski definition) is 7. The average molecular weight is 381 g/mol. The molecule has 0 unspecified atom stereocenters. The van der Waals surface area contributed by atoms with E-state index in [1.165, 1.54) is 13.3 Å². The predicted octanol–water partition coefficient (Wildman–Crippen LogP) is 3.60. The van der Waals surface area contributed by atoms with E-state index in [-0.39, 0.29) is 5.69 Å². The molecular formula is C22H15N5O2. The van der Waals surface area contributed by atoms with Gasteiger partial charge in [0.1, 0.15) is 0 Å². The van der Waals surface area contributed by atoms with Gasteiger partial charge in [0.15, 0.2) is 5.69 Å². The van der Waals surface area contributed by atoms with Gasteiger partial charge in [-0.05, 0) is 35.9 Å². The van der Waals surface area contributed by atoms with Crippen LogP contribution >= 0.6 is 0 Å². The topological polar surface area (TPSA) is 115 Å². The monoisotopic (exact) mass is 381 g/mol. The van der Waals surface area contributed by atoms with Crippen LogP contribution in [-0.4, -0.2) is 28.0 Å². The first kappa shape index (κ1) is 18.1. The molecule has 0 spiro atoms. The molecule has 0 radical (unpaired) electrons. The number of hydrogen-bond donors (Lipinski definition) is 1. The van der Waals surface area contributed by atoms with Crippen LogP contribution in [0.3, 0.4) is 0 Å². The van der Waals surface area contributed by atoms with Crippen LogP contribution in [0.2, 0.25) is 0 Å². The number of anilines is 1. The molecule has 0 amide bonds. The standard InChI is InChI=1S/C22H15N5O2/c1-29-22(28)20-12-25-11-19(27-20)16-5-6-18-17(8-15(24)10-26-18)21(16)14-4-2-3-13(7-14)9-23/h2-8,10-12H,24H2,1H3. The Labute approximate surface area is 166 Å². The second kappa shape index (κ2) is 7.37. The normalized spacial score (nSPS) is 10.5. The number of fused-ring (bicyclic) bond motifs is 1. The number of carbonyl (C=O) groups excluding carboxylic acids is 1. The van der Waals surface area contributed by atoms with Crippen molar-refractivity contribution in [2.45, 2.75) is 0 Å². The van der Waals surface area contributed by atoms with E-state index in [0.717, 1.165) is 27.6 Å². The van der Waals surface area contributed by atoms with Gasteiger partial charge < -0.3 is 10.5 Å². The molecule has 0 fully saturated rings. The van der Waals surface area contributed by atoms with E-state index in [2.05, 4.69) is 21.0 Å². The summed E-state index contributed by atoms with van der Waals surface area (Å²) in [6.07, 6.45) is 4.52. The summed E-state index contributed by atoms with van der Waals surface area (Å²) in [7, 11) is 1.29. The van der Waals surface area contributed by atoms with Crippen LogP contribution in [0.25, 0.3) is 33.3 Å². The average Bonchev–Trinajstić information content (AvgIpc) is 2.77. The highest BCUT2D eigenvalue weighted by Gasteiger charge is 2.17. The van der Waals surface area contributed by atoms with Gasteiger partial charge in [-0.1, -0.05) is 12.1 Å². The van der Waals surface area contributed by atoms with Gasteiger partial charge in [-0.25, -0.2) is 9.78 Å². The number of nitrogen functional groups attached to an aromatic ring is 1. The van der Waals surface area contributed by atoms with Gasteiger partial charge in [0, 0.05) is 16.5 Å². The summed E-state index contributed by atoms with van der Waals surface area (Å²) >= 11 is 0. The minimum absolute atomic E-state index is 0.104. The Bertz CT molecular complexity index is 1290. The Morgan fingerprint density at radius 1 is 1.14 bits per heavy atom. The Kier molecular flexibility index (Phi) is 4.59. The first-order chi connectivity index (χ1) is 14.1. The van der Waals surface area contributed by atoms with E-state index in [1.54, 1.807) is 24.5 Å². The highest BCUT2D eigenvalue weighted by atomic mass is 16.5. The van der Waals surface area contributed by atoms with Crippen LogP contribution < -0.4 is 5.73 Å². The molecule has 2 heterocycles. The fourth-order valence-corrected chi connectivity index (χ4v) is 3.18. The maximum atomic E-state index is 11.9. The van der Waals surface area contributed by atoms with Gasteiger partial charge in [0.05, 0.1) is 54.2 Å². The van der Waals surface area contributed by atoms with E-state index >= 15 is 0 Å². The summed E-state index contributed by atoms with van der Waals surface area (Å²) < 4.78 is 4.75. The zero-order valence-electron chi connectivity index (χ0n) is 15.5. The maximum Gasteiger partial charge on any atom is 0.358 e. The molecule has 0 saturated carbocycles. The van der Waals surface area contributed by atoms with Gasteiger partial charge in [0.2, 0.25) is 0 Å². The number of nitriles is 1. The first-order valence-electron chi connectivity index (χ1n) is 8.70. The molecule has 4 rings (SSSR count). The summed E-state index contributed by atoms with van der Waals surface area (Å²) in [6.45, 7) is 0. The zero-order chi connectivity index (χ0) is 20.4. The number of pyridine rings is 1. The minimum atomic E-state index is -0.570. The lowest BCUT2D eigenvalue weighted by Gasteiger charge is -2.14. The molecule has 0 bridgehead atoms. The van der Waals surface area contributed by atoms with Gasteiger partial charge in [-0.3, -0.25) is 9.97 Å². The molecule has 7 nitrogen and oxygen atoms in total. The number of aromatic nitrogens is 3. The van der Waals surface area contributed by atoms with Gasteiger partial charge in [-0.15, -0.1) is 0 Å². The lowest BCUT2D eigenvalue weighted by atomic mass is 9.92. The minimum Gasteiger partial charge on any atom is -0.464 e. The molecule has 29 heavy (non-hydrogen) atoms. The van der Waals surface area contributed by atoms with Crippen molar-refractivity contribution >= 4 is 22.6 Å². The van der Waals surface area contributed by atoms with Crippen molar-refractivity contribution in [3.05, 3.63) is 72.3 Å². The molecule has 0 aliphatic carbocycles. The Balaban J connectivity index is 2.05. The van der Waals surface area contributed by atoms with Crippen molar-refractivity contribution in [3.63, 3.8) is 0 Å². The summed E-state index contributed by atoms with van der Waals surface area (Å²) in [4.78, 5) is 24.9. The second-order valence-corrected chi connectivity index (χ2v) is 6.30. The van der Waals surface area contributed by atoms with Gasteiger partial charge in [0.25, 0.3) is 0 Å². The maximum absolute atomic E-state index is 11.9. The fraction of sp³-hybridized carbons (Fsp3) is 0.0455. The smallest absolute Gasteiger partial charge is 0.358 e. The lowest BCUT2D eigenvalue weighted by Crippen LogP contribution is -2.06. The number of nitrogens with zero attached hydrogens (tertiary/aromatic N) is 4. The van der Waals surface area contributed by atoms with Crippen LogP contribution in [-0.2, 0) is 4.74 Å². The molecule has 0 aliphatic heterocycles. The molecule has 0 aliphatic rings. The van der Waals surface area contributed by atoms with Crippen molar-refractivity contribution in [1.82, 2.24) is 15.0 Å². The number of rotatable bonds is 3. The third kappa shape index (κ3) is 3.35. The summed E-state index contributed by atoms with van der Waals surface area (Å²) in [6, 6.07) is 15.0. The SMILES string of the molecule is COC(=O)c1cncc(-c2ccc3ncc(N)cc3c2-c2cccc(C#N)c2)n1. The summed E-state index contributed by atoms with van der Waals surface area (Å²) in [5, 5.41) is 10.1. The molecule has 0 atom stereocenters. The third-order valence-electron chi connectivity index (χ3n) is 4.47. The van der Waals surface area contributed by atoms with Crippen molar-refractivity contribution in [1.29, 1.82) is 5.26 Å². The predicted molar refractivity (Wildman–Crippen MR) is 109 cm³/mol. The van der Waals surface area contributed by atoms with Gasteiger partial charge in [-0.2, -0.15) is 5.26 Å². The molecule has 4 aromatic rings. The van der Waals surface area contributed by atoms with E-state index in [0.29, 0.717) is 16.9 Å². The van der Waals surface area contributed by atoms with Crippen LogP contribution in [0.15, 0.2) is 61.1 Å². The Hall–Kier alpha value is -4.31. The molecule has 7 heteroatoms. The first-order valence-corrected chi connectivity index (χ1v) is 8.70.